The average molecular weight is 274 g/mol. The minimum absolute atomic E-state index is 0.833. The van der Waals surface area contributed by atoms with Gasteiger partial charge < -0.3 is 15.3 Å². The fraction of sp³-hybridized carbons (Fsp3) is 0.308. The first kappa shape index (κ1) is 25.5. The van der Waals surface area contributed by atoms with Gasteiger partial charge in [-0.1, -0.05) is 40.5 Å². The Kier molecular flexibility index (Phi) is 28.1. The van der Waals surface area contributed by atoms with Crippen LogP contribution in [0.15, 0.2) is 38.0 Å². The van der Waals surface area contributed by atoms with Gasteiger partial charge >= 0.3 is 17.9 Å². The summed E-state index contributed by atoms with van der Waals surface area (Å²) in [6.45, 7) is 15.4. The molecule has 0 aliphatic carbocycles. The molecule has 0 amide bonds. The number of rotatable bonds is 3. The summed E-state index contributed by atoms with van der Waals surface area (Å²) in [5.41, 5.74) is 0. The molecule has 6 nitrogen and oxygen atoms in total. The van der Waals surface area contributed by atoms with E-state index in [9.17, 15) is 14.4 Å². The van der Waals surface area contributed by atoms with Gasteiger partial charge in [0.1, 0.15) is 0 Å². The van der Waals surface area contributed by atoms with E-state index in [-0.39, 0.29) is 0 Å². The number of carbonyl (C=O) groups is 3. The van der Waals surface area contributed by atoms with Gasteiger partial charge in [-0.3, -0.25) is 0 Å². The van der Waals surface area contributed by atoms with Crippen molar-refractivity contribution < 1.29 is 29.7 Å². The normalized spacial score (nSPS) is 6.95. The molecule has 0 aromatic heterocycles. The number of hydrogen-bond donors (Lipinski definition) is 3. The van der Waals surface area contributed by atoms with Gasteiger partial charge in [0.15, 0.2) is 0 Å². The molecule has 0 aromatic carbocycles. The molecule has 3 N–H and O–H groups in total. The van der Waals surface area contributed by atoms with Crippen molar-refractivity contribution in [1.29, 1.82) is 0 Å². The van der Waals surface area contributed by atoms with Gasteiger partial charge in [-0.2, -0.15) is 0 Å². The van der Waals surface area contributed by atoms with E-state index in [1.54, 1.807) is 0 Å². The van der Waals surface area contributed by atoms with E-state index < -0.39 is 17.9 Å². The van der Waals surface area contributed by atoms with E-state index in [1.165, 1.54) is 0 Å². The minimum atomic E-state index is -0.981. The van der Waals surface area contributed by atoms with Crippen molar-refractivity contribution >= 4 is 17.9 Å². The first-order valence-corrected chi connectivity index (χ1v) is 5.11. The predicted molar refractivity (Wildman–Crippen MR) is 74.0 cm³/mol. The zero-order valence-electron chi connectivity index (χ0n) is 11.5. The largest absolute Gasteiger partial charge is 0.478 e. The monoisotopic (exact) mass is 274 g/mol. The van der Waals surface area contributed by atoms with Gasteiger partial charge in [-0.25, -0.2) is 14.4 Å². The molecule has 0 aliphatic heterocycles. The summed E-state index contributed by atoms with van der Waals surface area (Å²) in [6.07, 6.45) is 2.50. The van der Waals surface area contributed by atoms with Crippen LogP contribution in [0.2, 0.25) is 0 Å². The number of hydrogen-bond acceptors (Lipinski definition) is 3. The van der Waals surface area contributed by atoms with Crippen LogP contribution in [0.1, 0.15) is 20.8 Å². The summed E-state index contributed by atoms with van der Waals surface area (Å²) in [5.74, 6) is -2.11. The van der Waals surface area contributed by atoms with Crippen LogP contribution in [-0.4, -0.2) is 33.2 Å². The molecule has 0 radical (unpaired) electrons. The van der Waals surface area contributed by atoms with Crippen LogP contribution >= 0.6 is 0 Å². The van der Waals surface area contributed by atoms with Crippen LogP contribution in [0.4, 0.5) is 0 Å². The molecule has 0 saturated carbocycles. The Morgan fingerprint density at radius 2 is 0.789 bits per heavy atom. The van der Waals surface area contributed by atoms with E-state index in [4.69, 9.17) is 15.3 Å². The van der Waals surface area contributed by atoms with Crippen LogP contribution in [-0.2, 0) is 14.4 Å². The molecule has 0 heterocycles. The summed E-state index contributed by atoms with van der Waals surface area (Å²) in [4.78, 5) is 27.8. The molecule has 0 fully saturated rings. The Bertz CT molecular complexity index is 246. The van der Waals surface area contributed by atoms with Crippen molar-refractivity contribution in [2.45, 2.75) is 20.8 Å². The molecule has 0 rings (SSSR count). The maximum absolute atomic E-state index is 9.25. The van der Waals surface area contributed by atoms with Crippen molar-refractivity contribution in [3.05, 3.63) is 38.0 Å². The van der Waals surface area contributed by atoms with E-state index >= 15 is 0 Å². The van der Waals surface area contributed by atoms with E-state index in [2.05, 4.69) is 40.5 Å². The third-order valence-electron chi connectivity index (χ3n) is 0.524. The Morgan fingerprint density at radius 1 is 0.737 bits per heavy atom. The maximum Gasteiger partial charge on any atom is 0.327 e. The molecule has 19 heavy (non-hydrogen) atoms. The van der Waals surface area contributed by atoms with Crippen molar-refractivity contribution in [3.63, 3.8) is 0 Å². The SMILES string of the molecule is C=CC(=O)O.C=CC(=O)O.C=CC(=O)O.CC(C)C. The highest BCUT2D eigenvalue weighted by Gasteiger charge is 1.74. The molecular weight excluding hydrogens is 252 g/mol. The third kappa shape index (κ3) is 220. The smallest absolute Gasteiger partial charge is 0.327 e. The van der Waals surface area contributed by atoms with Crippen molar-refractivity contribution in [2.24, 2.45) is 5.92 Å². The first-order chi connectivity index (χ1) is 8.54. The minimum Gasteiger partial charge on any atom is -0.478 e. The molecule has 0 bridgehead atoms. The van der Waals surface area contributed by atoms with Crippen LogP contribution in [0.5, 0.6) is 0 Å². The fourth-order valence-electron chi connectivity index (χ4n) is 0. The molecule has 0 saturated heterocycles. The van der Waals surface area contributed by atoms with E-state index in [1.807, 2.05) is 0 Å². The fourth-order valence-corrected chi connectivity index (χ4v) is 0. The summed E-state index contributed by atoms with van der Waals surface area (Å²) >= 11 is 0. The lowest BCUT2D eigenvalue weighted by atomic mass is 10.3. The zero-order valence-corrected chi connectivity index (χ0v) is 11.5. The van der Waals surface area contributed by atoms with Crippen LogP contribution < -0.4 is 0 Å². The van der Waals surface area contributed by atoms with Crippen LogP contribution in [0.25, 0.3) is 0 Å². The lowest BCUT2D eigenvalue weighted by Crippen LogP contribution is -1.82. The van der Waals surface area contributed by atoms with Crippen LogP contribution in [0, 0.1) is 5.92 Å². The zero-order chi connectivity index (χ0) is 16.4. The molecule has 6 heteroatoms. The molecule has 0 aromatic rings. The van der Waals surface area contributed by atoms with Gasteiger partial charge in [-0.05, 0) is 5.92 Å². The lowest BCUT2D eigenvalue weighted by Gasteiger charge is -1.79. The van der Waals surface area contributed by atoms with Crippen molar-refractivity contribution in [1.82, 2.24) is 0 Å². The Balaban J connectivity index is -0.0000000793. The third-order valence-corrected chi connectivity index (χ3v) is 0.524. The number of aliphatic carboxylic acids is 3. The van der Waals surface area contributed by atoms with Crippen molar-refractivity contribution in [3.8, 4) is 0 Å². The number of carboxylic acids is 3. The Morgan fingerprint density at radius 3 is 0.789 bits per heavy atom. The molecule has 0 aliphatic rings. The maximum atomic E-state index is 9.25. The Labute approximate surface area is 113 Å². The molecular formula is C13H22O6. The highest BCUT2D eigenvalue weighted by molar-refractivity contribution is 5.79. The second-order valence-electron chi connectivity index (χ2n) is 3.36. The van der Waals surface area contributed by atoms with Crippen molar-refractivity contribution in [2.75, 3.05) is 0 Å². The van der Waals surface area contributed by atoms with E-state index in [0.29, 0.717) is 0 Å². The van der Waals surface area contributed by atoms with E-state index in [0.717, 1.165) is 24.1 Å². The van der Waals surface area contributed by atoms with Gasteiger partial charge in [0.05, 0.1) is 0 Å². The highest BCUT2D eigenvalue weighted by Crippen LogP contribution is 1.81. The Hall–Kier alpha value is -2.37. The number of carboxylic acid groups (broad SMARTS) is 3. The lowest BCUT2D eigenvalue weighted by molar-refractivity contribution is -0.132. The summed E-state index contributed by atoms with van der Waals surface area (Å²) in [6, 6.07) is 0. The average Bonchev–Trinajstić information content (AvgIpc) is 2.29. The highest BCUT2D eigenvalue weighted by atomic mass is 16.4. The van der Waals surface area contributed by atoms with Gasteiger partial charge in [0.25, 0.3) is 0 Å². The van der Waals surface area contributed by atoms with Gasteiger partial charge in [-0.15, -0.1) is 0 Å². The second kappa shape index (κ2) is 21.0. The molecule has 110 valence electrons. The predicted octanol–water partition coefficient (Wildman–Crippen LogP) is 2.43. The first-order valence-electron chi connectivity index (χ1n) is 5.11. The molecule has 0 spiro atoms. The molecule has 0 unspecified atom stereocenters. The quantitative estimate of drug-likeness (QED) is 0.681. The van der Waals surface area contributed by atoms with Gasteiger partial charge in [0.2, 0.25) is 0 Å². The molecule has 0 atom stereocenters. The topological polar surface area (TPSA) is 112 Å². The van der Waals surface area contributed by atoms with Gasteiger partial charge in [0, 0.05) is 18.2 Å². The standard InChI is InChI=1S/C4H10.3C3H4O2/c1-4(2)3;3*1-2-3(4)5/h4H,1-3H3;3*2H,1H2,(H,4,5). The summed E-state index contributed by atoms with van der Waals surface area (Å²) in [7, 11) is 0. The van der Waals surface area contributed by atoms with Crippen LogP contribution in [0.3, 0.4) is 0 Å². The second-order valence-corrected chi connectivity index (χ2v) is 3.36. The summed E-state index contributed by atoms with van der Waals surface area (Å²) < 4.78 is 0. The summed E-state index contributed by atoms with van der Waals surface area (Å²) in [5, 5.41) is 22.8.